The summed E-state index contributed by atoms with van der Waals surface area (Å²) < 4.78 is 14.2. The van der Waals surface area contributed by atoms with Gasteiger partial charge < -0.3 is 15.6 Å². The summed E-state index contributed by atoms with van der Waals surface area (Å²) in [7, 11) is 0. The van der Waals surface area contributed by atoms with Gasteiger partial charge in [0.25, 0.3) is 0 Å². The maximum atomic E-state index is 14.2. The molecule has 0 aliphatic carbocycles. The number of H-pyrrole nitrogens is 1. The van der Waals surface area contributed by atoms with Crippen LogP contribution in [-0.2, 0) is 6.42 Å². The van der Waals surface area contributed by atoms with Gasteiger partial charge in [0.15, 0.2) is 6.29 Å². The molecule has 1 aliphatic heterocycles. The molecule has 0 saturated carbocycles. The number of aromatic amines is 1. The molecular weight excluding hydrogens is 424 g/mol. The molecule has 1 aliphatic rings. The average Bonchev–Trinajstić information content (AvgIpc) is 3.02. The third kappa shape index (κ3) is 3.95. The van der Waals surface area contributed by atoms with Crippen molar-refractivity contribution in [3.63, 3.8) is 0 Å². The quantitative estimate of drug-likeness (QED) is 0.452. The molecule has 0 saturated heterocycles. The number of aliphatic imine (C=N–C) groups is 1. The molecule has 2 aromatic carbocycles. The van der Waals surface area contributed by atoms with E-state index in [4.69, 9.17) is 40.5 Å². The first-order valence-electron chi connectivity index (χ1n) is 8.37. The topological polar surface area (TPSA) is 78.2 Å². The predicted molar refractivity (Wildman–Crippen MR) is 113 cm³/mol. The fraction of sp³-hybridized carbons (Fsp3) is 0.105. The molecule has 2 heterocycles. The van der Waals surface area contributed by atoms with Crippen LogP contribution in [0, 0.1) is 5.82 Å². The van der Waals surface area contributed by atoms with E-state index >= 15 is 0 Å². The Kier molecular flexibility index (Phi) is 5.21. The number of rotatable bonds is 3. The highest BCUT2D eigenvalue weighted by atomic mass is 35.5. The molecule has 0 amide bonds. The number of hydrogen-bond acceptors (Lipinski definition) is 4. The fourth-order valence-electron chi connectivity index (χ4n) is 2.98. The second-order valence-corrected chi connectivity index (χ2v) is 7.59. The summed E-state index contributed by atoms with van der Waals surface area (Å²) in [5, 5.41) is 7.53. The monoisotopic (exact) mass is 437 g/mol. The van der Waals surface area contributed by atoms with E-state index < -0.39 is 12.1 Å². The normalized spacial score (nSPS) is 15.6. The summed E-state index contributed by atoms with van der Waals surface area (Å²) in [6.45, 7) is 0. The molecular formula is C19H15Cl3FN5. The molecule has 1 atom stereocenters. The first-order valence-corrected chi connectivity index (χ1v) is 9.50. The van der Waals surface area contributed by atoms with Crippen LogP contribution in [0.2, 0.25) is 15.1 Å². The average molecular weight is 439 g/mol. The van der Waals surface area contributed by atoms with Crippen LogP contribution < -0.4 is 16.4 Å². The van der Waals surface area contributed by atoms with Gasteiger partial charge in [-0.15, -0.1) is 0 Å². The Balaban J connectivity index is 1.63. The minimum absolute atomic E-state index is 0.256. The molecule has 5 nitrogen and oxygen atoms in total. The van der Waals surface area contributed by atoms with Crippen molar-refractivity contribution in [2.24, 2.45) is 10.7 Å². The molecule has 0 fully saturated rings. The Hall–Kier alpha value is -2.25. The standard InChI is InChI=1S/C19H15Cl3FN5/c20-10-2-1-9(14(22)6-10)5-12-8-13-17(25-12)27-19(24)28-18(13)26-16-4-3-11(21)7-15(16)23/h1-4,6-8,19,25,27H,5,24H2,(H,26,28). The predicted octanol–water partition coefficient (Wildman–Crippen LogP) is 5.23. The number of nitrogens with one attached hydrogen (secondary N) is 3. The largest absolute Gasteiger partial charge is 0.345 e. The van der Waals surface area contributed by atoms with Crippen LogP contribution >= 0.6 is 34.8 Å². The first kappa shape index (κ1) is 19.1. The summed E-state index contributed by atoms with van der Waals surface area (Å²) >= 11 is 18.0. The van der Waals surface area contributed by atoms with E-state index in [1.54, 1.807) is 24.3 Å². The van der Waals surface area contributed by atoms with Gasteiger partial charge in [0.2, 0.25) is 0 Å². The Morgan fingerprint density at radius 3 is 2.57 bits per heavy atom. The molecule has 28 heavy (non-hydrogen) atoms. The van der Waals surface area contributed by atoms with Gasteiger partial charge in [0, 0.05) is 27.2 Å². The molecule has 9 heteroatoms. The Morgan fingerprint density at radius 1 is 1.07 bits per heavy atom. The number of halogens is 4. The van der Waals surface area contributed by atoms with E-state index in [0.717, 1.165) is 16.8 Å². The number of nitrogens with zero attached hydrogens (tertiary/aromatic N) is 1. The van der Waals surface area contributed by atoms with Gasteiger partial charge in [-0.1, -0.05) is 40.9 Å². The molecule has 0 bridgehead atoms. The highest BCUT2D eigenvalue weighted by molar-refractivity contribution is 6.35. The number of anilines is 2. The van der Waals surface area contributed by atoms with Crippen LogP contribution in [0.1, 0.15) is 16.8 Å². The van der Waals surface area contributed by atoms with Gasteiger partial charge in [0.05, 0.1) is 11.3 Å². The lowest BCUT2D eigenvalue weighted by Gasteiger charge is -2.21. The molecule has 0 radical (unpaired) electrons. The van der Waals surface area contributed by atoms with Gasteiger partial charge in [-0.25, -0.2) is 9.38 Å². The lowest BCUT2D eigenvalue weighted by molar-refractivity contribution is 0.632. The van der Waals surface area contributed by atoms with E-state index in [9.17, 15) is 4.39 Å². The van der Waals surface area contributed by atoms with Crippen molar-refractivity contribution in [3.8, 4) is 0 Å². The third-order valence-electron chi connectivity index (χ3n) is 4.27. The summed E-state index contributed by atoms with van der Waals surface area (Å²) in [6, 6.07) is 11.7. The molecule has 1 unspecified atom stereocenters. The van der Waals surface area contributed by atoms with E-state index in [1.807, 2.05) is 12.1 Å². The zero-order valence-corrected chi connectivity index (χ0v) is 16.6. The van der Waals surface area contributed by atoms with Crippen molar-refractivity contribution in [2.75, 3.05) is 10.6 Å². The van der Waals surface area contributed by atoms with E-state index in [-0.39, 0.29) is 5.69 Å². The van der Waals surface area contributed by atoms with Crippen molar-refractivity contribution in [1.29, 1.82) is 0 Å². The summed E-state index contributed by atoms with van der Waals surface area (Å²) in [5.41, 5.74) is 8.76. The van der Waals surface area contributed by atoms with Crippen LogP contribution in [0.3, 0.4) is 0 Å². The maximum Gasteiger partial charge on any atom is 0.174 e. The van der Waals surface area contributed by atoms with Crippen molar-refractivity contribution < 1.29 is 4.39 Å². The molecule has 3 aromatic rings. The second-order valence-electron chi connectivity index (χ2n) is 6.31. The first-order chi connectivity index (χ1) is 13.4. The zero-order chi connectivity index (χ0) is 19.8. The third-order valence-corrected chi connectivity index (χ3v) is 5.09. The number of hydrogen-bond donors (Lipinski definition) is 4. The molecule has 0 spiro atoms. The summed E-state index contributed by atoms with van der Waals surface area (Å²) in [5.74, 6) is 0.666. The highest BCUT2D eigenvalue weighted by Gasteiger charge is 2.22. The summed E-state index contributed by atoms with van der Waals surface area (Å²) in [6.07, 6.45) is -0.112. The van der Waals surface area contributed by atoms with Gasteiger partial charge in [0.1, 0.15) is 17.5 Å². The molecule has 5 N–H and O–H groups in total. The van der Waals surface area contributed by atoms with E-state index in [2.05, 4.69) is 20.6 Å². The number of nitrogens with two attached hydrogens (primary N) is 1. The number of aromatic nitrogens is 1. The van der Waals surface area contributed by atoms with Gasteiger partial charge in [-0.05, 0) is 42.0 Å². The maximum absolute atomic E-state index is 14.2. The van der Waals surface area contributed by atoms with Crippen molar-refractivity contribution >= 4 is 52.1 Å². The van der Waals surface area contributed by atoms with Crippen molar-refractivity contribution in [3.05, 3.63) is 80.2 Å². The van der Waals surface area contributed by atoms with Crippen LogP contribution in [0.4, 0.5) is 15.9 Å². The van der Waals surface area contributed by atoms with Crippen LogP contribution in [0.25, 0.3) is 0 Å². The fourth-order valence-corrected chi connectivity index (χ4v) is 3.62. The van der Waals surface area contributed by atoms with Crippen LogP contribution in [-0.4, -0.2) is 17.1 Å². The van der Waals surface area contributed by atoms with Crippen molar-refractivity contribution in [1.82, 2.24) is 4.98 Å². The van der Waals surface area contributed by atoms with Gasteiger partial charge >= 0.3 is 0 Å². The molecule has 144 valence electrons. The minimum Gasteiger partial charge on any atom is -0.345 e. The lowest BCUT2D eigenvalue weighted by Crippen LogP contribution is -2.35. The van der Waals surface area contributed by atoms with E-state index in [1.165, 1.54) is 6.07 Å². The smallest absolute Gasteiger partial charge is 0.174 e. The Labute approximate surface area is 175 Å². The summed E-state index contributed by atoms with van der Waals surface area (Å²) in [4.78, 5) is 7.62. The van der Waals surface area contributed by atoms with Gasteiger partial charge in [-0.2, -0.15) is 0 Å². The number of amidine groups is 1. The number of fused-ring (bicyclic) bond motifs is 1. The Morgan fingerprint density at radius 2 is 1.82 bits per heavy atom. The minimum atomic E-state index is -0.670. The number of benzene rings is 2. The molecule has 1 aromatic heterocycles. The highest BCUT2D eigenvalue weighted by Crippen LogP contribution is 2.28. The zero-order valence-electron chi connectivity index (χ0n) is 14.4. The SMILES string of the molecule is NC1N=C(Nc2ccc(Cl)cc2F)c2cc(Cc3ccc(Cl)cc3Cl)[nH]c2N1. The molecule has 4 rings (SSSR count). The van der Waals surface area contributed by atoms with Crippen molar-refractivity contribution in [2.45, 2.75) is 12.7 Å². The van der Waals surface area contributed by atoms with Crippen LogP contribution in [0.5, 0.6) is 0 Å². The van der Waals surface area contributed by atoms with E-state index in [0.29, 0.717) is 33.1 Å². The second kappa shape index (κ2) is 7.64. The van der Waals surface area contributed by atoms with Crippen LogP contribution in [0.15, 0.2) is 47.5 Å². The van der Waals surface area contributed by atoms with Gasteiger partial charge in [-0.3, -0.25) is 5.73 Å². The lowest BCUT2D eigenvalue weighted by atomic mass is 10.1. The Bertz CT molecular complexity index is 1080.